The van der Waals surface area contributed by atoms with Crippen LogP contribution in [0.4, 0.5) is 0 Å². The lowest BCUT2D eigenvalue weighted by molar-refractivity contribution is -0.141. The van der Waals surface area contributed by atoms with Crippen molar-refractivity contribution >= 4 is 5.97 Å². The van der Waals surface area contributed by atoms with Gasteiger partial charge in [0.05, 0.1) is 5.92 Å². The largest absolute Gasteiger partial charge is 0.481 e. The Bertz CT molecular complexity index is 501. The first-order chi connectivity index (χ1) is 9.60. The molecule has 0 bridgehead atoms. The van der Waals surface area contributed by atoms with Gasteiger partial charge in [0.1, 0.15) is 0 Å². The van der Waals surface area contributed by atoms with Gasteiger partial charge in [0, 0.05) is 19.6 Å². The Morgan fingerprint density at radius 3 is 2.95 bits per heavy atom. The minimum absolute atomic E-state index is 0.255. The molecule has 2 rings (SSSR count). The summed E-state index contributed by atoms with van der Waals surface area (Å²) in [5.41, 5.74) is 1.06. The van der Waals surface area contributed by atoms with Crippen LogP contribution in [0.1, 0.15) is 12.5 Å². The molecular formula is C15H19NO4. The van der Waals surface area contributed by atoms with Crippen molar-refractivity contribution in [1.29, 1.82) is 0 Å². The quantitative estimate of drug-likeness (QED) is 0.774. The van der Waals surface area contributed by atoms with Crippen LogP contribution in [-0.2, 0) is 11.3 Å². The molecule has 1 atom stereocenters. The number of nitrogens with zero attached hydrogens (tertiary/aromatic N) is 1. The van der Waals surface area contributed by atoms with Gasteiger partial charge in [-0.25, -0.2) is 0 Å². The second-order valence-corrected chi connectivity index (χ2v) is 4.91. The van der Waals surface area contributed by atoms with Crippen molar-refractivity contribution in [3.8, 4) is 11.5 Å². The van der Waals surface area contributed by atoms with Gasteiger partial charge in [-0.2, -0.15) is 0 Å². The lowest BCUT2D eigenvalue weighted by Gasteiger charge is -2.22. The zero-order valence-corrected chi connectivity index (χ0v) is 11.5. The lowest BCUT2D eigenvalue weighted by Crippen LogP contribution is -2.31. The third kappa shape index (κ3) is 3.51. The van der Waals surface area contributed by atoms with Crippen LogP contribution in [0.5, 0.6) is 11.5 Å². The average Bonchev–Trinajstić information content (AvgIpc) is 2.86. The van der Waals surface area contributed by atoms with Crippen LogP contribution in [0.3, 0.4) is 0 Å². The van der Waals surface area contributed by atoms with E-state index in [9.17, 15) is 4.79 Å². The van der Waals surface area contributed by atoms with Crippen molar-refractivity contribution in [2.75, 3.05) is 19.9 Å². The van der Waals surface area contributed by atoms with E-state index in [0.29, 0.717) is 19.6 Å². The van der Waals surface area contributed by atoms with Crippen LogP contribution in [0.2, 0.25) is 0 Å². The molecule has 20 heavy (non-hydrogen) atoms. The summed E-state index contributed by atoms with van der Waals surface area (Å²) in [5, 5.41) is 9.00. The molecule has 0 saturated heterocycles. The first-order valence-electron chi connectivity index (χ1n) is 6.54. The van der Waals surface area contributed by atoms with E-state index in [2.05, 4.69) is 6.58 Å². The van der Waals surface area contributed by atoms with E-state index in [4.69, 9.17) is 14.6 Å². The van der Waals surface area contributed by atoms with Crippen LogP contribution < -0.4 is 9.47 Å². The molecule has 1 aliphatic heterocycles. The SMILES string of the molecule is C=CCN(Cc1ccc2c(c1)OCO2)CC(C)C(=O)O. The van der Waals surface area contributed by atoms with Gasteiger partial charge in [-0.3, -0.25) is 9.69 Å². The molecule has 1 aliphatic rings. The molecule has 0 radical (unpaired) electrons. The van der Waals surface area contributed by atoms with E-state index in [-0.39, 0.29) is 6.79 Å². The second-order valence-electron chi connectivity index (χ2n) is 4.91. The van der Waals surface area contributed by atoms with E-state index < -0.39 is 11.9 Å². The fourth-order valence-electron chi connectivity index (χ4n) is 2.15. The van der Waals surface area contributed by atoms with Crippen molar-refractivity contribution in [3.05, 3.63) is 36.4 Å². The molecule has 0 aromatic heterocycles. The first-order valence-corrected chi connectivity index (χ1v) is 6.54. The lowest BCUT2D eigenvalue weighted by atomic mass is 10.1. The zero-order valence-electron chi connectivity index (χ0n) is 11.5. The molecule has 5 nitrogen and oxygen atoms in total. The number of hydrogen-bond acceptors (Lipinski definition) is 4. The molecule has 1 unspecified atom stereocenters. The van der Waals surface area contributed by atoms with Gasteiger partial charge >= 0.3 is 5.97 Å². The van der Waals surface area contributed by atoms with Crippen molar-refractivity contribution in [2.45, 2.75) is 13.5 Å². The third-order valence-corrected chi connectivity index (χ3v) is 3.18. The maximum Gasteiger partial charge on any atom is 0.307 e. The molecule has 0 spiro atoms. The molecule has 5 heteroatoms. The van der Waals surface area contributed by atoms with Gasteiger partial charge in [0.25, 0.3) is 0 Å². The van der Waals surface area contributed by atoms with Crippen LogP contribution in [0, 0.1) is 5.92 Å². The average molecular weight is 277 g/mol. The number of hydrogen-bond donors (Lipinski definition) is 1. The van der Waals surface area contributed by atoms with E-state index in [1.54, 1.807) is 13.0 Å². The van der Waals surface area contributed by atoms with Gasteiger partial charge in [0.15, 0.2) is 11.5 Å². The number of carbonyl (C=O) groups is 1. The highest BCUT2D eigenvalue weighted by molar-refractivity contribution is 5.69. The Morgan fingerprint density at radius 1 is 1.50 bits per heavy atom. The first kappa shape index (κ1) is 14.4. The highest BCUT2D eigenvalue weighted by Gasteiger charge is 2.17. The Morgan fingerprint density at radius 2 is 2.25 bits per heavy atom. The van der Waals surface area contributed by atoms with Crippen LogP contribution >= 0.6 is 0 Å². The summed E-state index contributed by atoms with van der Waals surface area (Å²) in [6, 6.07) is 5.78. The number of rotatable bonds is 7. The highest BCUT2D eigenvalue weighted by Crippen LogP contribution is 2.32. The fourth-order valence-corrected chi connectivity index (χ4v) is 2.15. The minimum Gasteiger partial charge on any atom is -0.481 e. The summed E-state index contributed by atoms with van der Waals surface area (Å²) in [6.45, 7) is 7.46. The van der Waals surface area contributed by atoms with Gasteiger partial charge in [-0.15, -0.1) is 6.58 Å². The van der Waals surface area contributed by atoms with Gasteiger partial charge in [-0.05, 0) is 17.7 Å². The zero-order chi connectivity index (χ0) is 14.5. The van der Waals surface area contributed by atoms with Gasteiger partial charge in [0.2, 0.25) is 6.79 Å². The molecule has 1 aromatic rings. The summed E-state index contributed by atoms with van der Waals surface area (Å²) in [4.78, 5) is 13.0. The summed E-state index contributed by atoms with van der Waals surface area (Å²) in [5.74, 6) is 0.295. The Hall–Kier alpha value is -2.01. The Kier molecular flexibility index (Phi) is 4.63. The standard InChI is InChI=1S/C15H19NO4/c1-3-6-16(8-11(2)15(17)18)9-12-4-5-13-14(7-12)20-10-19-13/h3-5,7,11H,1,6,8-10H2,2H3,(H,17,18). The molecular weight excluding hydrogens is 258 g/mol. The number of fused-ring (bicyclic) bond motifs is 1. The molecule has 1 heterocycles. The van der Waals surface area contributed by atoms with Crippen molar-refractivity contribution in [3.63, 3.8) is 0 Å². The van der Waals surface area contributed by atoms with E-state index >= 15 is 0 Å². The number of ether oxygens (including phenoxy) is 2. The molecule has 1 aromatic carbocycles. The molecule has 1 N–H and O–H groups in total. The van der Waals surface area contributed by atoms with E-state index in [1.165, 1.54) is 0 Å². The molecule has 0 saturated carbocycles. The van der Waals surface area contributed by atoms with E-state index in [1.807, 2.05) is 23.1 Å². The molecule has 108 valence electrons. The number of benzene rings is 1. The molecule has 0 amide bonds. The number of aliphatic carboxylic acids is 1. The Balaban J connectivity index is 2.03. The predicted molar refractivity (Wildman–Crippen MR) is 74.8 cm³/mol. The second kappa shape index (κ2) is 6.43. The Labute approximate surface area is 118 Å². The fraction of sp³-hybridized carbons (Fsp3) is 0.400. The highest BCUT2D eigenvalue weighted by atomic mass is 16.7. The van der Waals surface area contributed by atoms with Gasteiger partial charge < -0.3 is 14.6 Å². The smallest absolute Gasteiger partial charge is 0.307 e. The summed E-state index contributed by atoms with van der Waals surface area (Å²) in [6.07, 6.45) is 1.78. The normalized spacial score (nSPS) is 14.3. The predicted octanol–water partition coefficient (Wildman–Crippen LogP) is 2.12. The van der Waals surface area contributed by atoms with Crippen LogP contribution in [0.15, 0.2) is 30.9 Å². The third-order valence-electron chi connectivity index (χ3n) is 3.18. The van der Waals surface area contributed by atoms with Crippen molar-refractivity contribution in [1.82, 2.24) is 4.90 Å². The maximum absolute atomic E-state index is 11.0. The topological polar surface area (TPSA) is 59.0 Å². The number of carboxylic acids is 1. The maximum atomic E-state index is 11.0. The summed E-state index contributed by atoms with van der Waals surface area (Å²) in [7, 11) is 0. The van der Waals surface area contributed by atoms with Crippen molar-refractivity contribution < 1.29 is 19.4 Å². The summed E-state index contributed by atoms with van der Waals surface area (Å²) >= 11 is 0. The van der Waals surface area contributed by atoms with Crippen LogP contribution in [0.25, 0.3) is 0 Å². The van der Waals surface area contributed by atoms with Crippen LogP contribution in [-0.4, -0.2) is 35.9 Å². The molecule has 0 aliphatic carbocycles. The summed E-state index contributed by atoms with van der Waals surface area (Å²) < 4.78 is 10.6. The monoisotopic (exact) mass is 277 g/mol. The van der Waals surface area contributed by atoms with Gasteiger partial charge in [-0.1, -0.05) is 19.1 Å². The van der Waals surface area contributed by atoms with Crippen molar-refractivity contribution in [2.24, 2.45) is 5.92 Å². The number of carboxylic acid groups (broad SMARTS) is 1. The molecule has 0 fully saturated rings. The minimum atomic E-state index is -0.787. The van der Waals surface area contributed by atoms with E-state index in [0.717, 1.165) is 17.1 Å².